The zero-order chi connectivity index (χ0) is 14.1. The fourth-order valence-electron chi connectivity index (χ4n) is 2.12. The van der Waals surface area contributed by atoms with Crippen LogP contribution in [0.4, 0.5) is 0 Å². The lowest BCUT2D eigenvalue weighted by Gasteiger charge is -2.04. The maximum absolute atomic E-state index is 11.8. The molecule has 0 spiro atoms. The fraction of sp³-hybridized carbons (Fsp3) is 0.750. The summed E-state index contributed by atoms with van der Waals surface area (Å²) >= 11 is 0. The van der Waals surface area contributed by atoms with Crippen LogP contribution in [0.2, 0.25) is 0 Å². The van der Waals surface area contributed by atoms with E-state index in [0.717, 1.165) is 5.57 Å². The Balaban J connectivity index is 2.74. The molecule has 0 bridgehead atoms. The van der Waals surface area contributed by atoms with Crippen LogP contribution in [0.5, 0.6) is 0 Å². The van der Waals surface area contributed by atoms with Crippen molar-refractivity contribution in [1.29, 1.82) is 0 Å². The van der Waals surface area contributed by atoms with E-state index in [1.165, 1.54) is 6.92 Å². The van der Waals surface area contributed by atoms with Gasteiger partial charge in [0.2, 0.25) is 0 Å². The second-order valence-electron chi connectivity index (χ2n) is 5.29. The number of hydrogen-bond donors (Lipinski definition) is 0. The molecule has 6 heteroatoms. The molecule has 0 amide bonds. The molecule has 104 valence electrons. The van der Waals surface area contributed by atoms with E-state index in [1.807, 2.05) is 33.8 Å². The molecule has 2 atom stereocenters. The molecule has 18 heavy (non-hydrogen) atoms. The predicted molar refractivity (Wildman–Crippen MR) is 66.8 cm³/mol. The van der Waals surface area contributed by atoms with Crippen molar-refractivity contribution in [2.45, 2.75) is 34.6 Å². The first-order chi connectivity index (χ1) is 8.12. The van der Waals surface area contributed by atoms with Gasteiger partial charge in [0, 0.05) is 0 Å². The van der Waals surface area contributed by atoms with Crippen LogP contribution in [0, 0.1) is 17.3 Å². The zero-order valence-corrected chi connectivity index (χ0v) is 12.2. The molecule has 0 radical (unpaired) electrons. The first-order valence-electron chi connectivity index (χ1n) is 5.89. The number of carbonyl (C=O) groups excluding carboxylic acids is 1. The van der Waals surface area contributed by atoms with Crippen molar-refractivity contribution in [3.8, 4) is 0 Å². The molecule has 0 N–H and O–H groups in total. The summed E-state index contributed by atoms with van der Waals surface area (Å²) < 4.78 is 31.3. The zero-order valence-electron chi connectivity index (χ0n) is 11.4. The number of allylic oxidation sites excluding steroid dienone is 2. The van der Waals surface area contributed by atoms with Gasteiger partial charge < -0.3 is 4.18 Å². The normalized spacial score (nSPS) is 25.4. The van der Waals surface area contributed by atoms with Crippen LogP contribution < -0.4 is 0 Å². The van der Waals surface area contributed by atoms with Crippen molar-refractivity contribution in [2.24, 2.45) is 17.3 Å². The summed E-state index contributed by atoms with van der Waals surface area (Å²) in [4.78, 5) is 11.8. The SMILES string of the molecule is CCOS(=O)(=O)OC(=O)C1C(C=C(C)C)C1(C)C. The van der Waals surface area contributed by atoms with Crippen LogP contribution in [-0.4, -0.2) is 21.0 Å². The number of rotatable bonds is 5. The molecule has 1 aliphatic rings. The molecule has 0 aromatic heterocycles. The molecular weight excluding hydrogens is 256 g/mol. The van der Waals surface area contributed by atoms with Crippen molar-refractivity contribution in [3.63, 3.8) is 0 Å². The summed E-state index contributed by atoms with van der Waals surface area (Å²) in [6.45, 7) is 9.16. The van der Waals surface area contributed by atoms with E-state index in [2.05, 4.69) is 8.37 Å². The molecule has 0 aromatic carbocycles. The van der Waals surface area contributed by atoms with Gasteiger partial charge in [-0.3, -0.25) is 4.79 Å². The van der Waals surface area contributed by atoms with Gasteiger partial charge >= 0.3 is 16.4 Å². The lowest BCUT2D eigenvalue weighted by molar-refractivity contribution is -0.136. The molecule has 1 saturated carbocycles. The van der Waals surface area contributed by atoms with Crippen molar-refractivity contribution < 1.29 is 21.6 Å². The molecule has 5 nitrogen and oxygen atoms in total. The van der Waals surface area contributed by atoms with Crippen molar-refractivity contribution >= 4 is 16.4 Å². The van der Waals surface area contributed by atoms with Gasteiger partial charge in [0.1, 0.15) is 0 Å². The van der Waals surface area contributed by atoms with Gasteiger partial charge in [-0.25, -0.2) is 4.18 Å². The summed E-state index contributed by atoms with van der Waals surface area (Å²) in [5, 5.41) is 0. The summed E-state index contributed by atoms with van der Waals surface area (Å²) in [7, 11) is -4.21. The Kier molecular flexibility index (Phi) is 4.23. The Labute approximate surface area is 108 Å². The lowest BCUT2D eigenvalue weighted by atomic mass is 10.1. The first kappa shape index (κ1) is 15.2. The van der Waals surface area contributed by atoms with E-state index in [9.17, 15) is 13.2 Å². The maximum Gasteiger partial charge on any atom is 0.451 e. The molecule has 1 aliphatic carbocycles. The minimum absolute atomic E-state index is 0.0202. The Morgan fingerprint density at radius 1 is 1.33 bits per heavy atom. The summed E-state index contributed by atoms with van der Waals surface area (Å²) in [6.07, 6.45) is 1.97. The van der Waals surface area contributed by atoms with Crippen molar-refractivity contribution in [3.05, 3.63) is 11.6 Å². The van der Waals surface area contributed by atoms with Gasteiger partial charge in [0.05, 0.1) is 12.5 Å². The highest BCUT2D eigenvalue weighted by atomic mass is 32.3. The largest absolute Gasteiger partial charge is 0.451 e. The van der Waals surface area contributed by atoms with Gasteiger partial charge in [-0.1, -0.05) is 25.5 Å². The number of hydrogen-bond acceptors (Lipinski definition) is 5. The van der Waals surface area contributed by atoms with Crippen molar-refractivity contribution in [2.75, 3.05) is 6.61 Å². The van der Waals surface area contributed by atoms with E-state index < -0.39 is 22.3 Å². The molecule has 0 aliphatic heterocycles. The van der Waals surface area contributed by atoms with Crippen LogP contribution in [0.25, 0.3) is 0 Å². The average molecular weight is 276 g/mol. The average Bonchev–Trinajstić information content (AvgIpc) is 2.65. The van der Waals surface area contributed by atoms with E-state index in [1.54, 1.807) is 0 Å². The quantitative estimate of drug-likeness (QED) is 0.719. The Hall–Kier alpha value is -0.880. The van der Waals surface area contributed by atoms with Gasteiger partial charge in [-0.15, -0.1) is 0 Å². The smallest absolute Gasteiger partial charge is 0.325 e. The third kappa shape index (κ3) is 3.32. The maximum atomic E-state index is 11.8. The highest BCUT2D eigenvalue weighted by molar-refractivity contribution is 7.82. The van der Waals surface area contributed by atoms with Crippen LogP contribution in [0.15, 0.2) is 11.6 Å². The molecule has 0 aromatic rings. The molecule has 0 heterocycles. The second-order valence-corrected chi connectivity index (χ2v) is 6.50. The molecule has 0 saturated heterocycles. The van der Waals surface area contributed by atoms with Crippen LogP contribution >= 0.6 is 0 Å². The van der Waals surface area contributed by atoms with Crippen LogP contribution in [0.1, 0.15) is 34.6 Å². The minimum Gasteiger partial charge on any atom is -0.325 e. The topological polar surface area (TPSA) is 69.7 Å². The third-order valence-corrected chi connectivity index (χ3v) is 4.02. The molecule has 2 unspecified atom stereocenters. The Bertz CT molecular complexity index is 457. The van der Waals surface area contributed by atoms with Crippen LogP contribution in [-0.2, 0) is 23.6 Å². The highest BCUT2D eigenvalue weighted by Crippen LogP contribution is 2.59. The third-order valence-electron chi connectivity index (χ3n) is 3.12. The number of carbonyl (C=O) groups is 1. The summed E-state index contributed by atoms with van der Waals surface area (Å²) in [6, 6.07) is 0. The summed E-state index contributed by atoms with van der Waals surface area (Å²) in [5.41, 5.74) is 0.826. The van der Waals surface area contributed by atoms with E-state index in [-0.39, 0.29) is 17.9 Å². The van der Waals surface area contributed by atoms with E-state index in [0.29, 0.717) is 0 Å². The molecular formula is C12H20O5S. The fourth-order valence-corrected chi connectivity index (χ4v) is 2.76. The molecule has 1 fully saturated rings. The van der Waals surface area contributed by atoms with E-state index >= 15 is 0 Å². The monoisotopic (exact) mass is 276 g/mol. The predicted octanol–water partition coefficient (Wildman–Crippen LogP) is 2.05. The standard InChI is InChI=1S/C12H20O5S/c1-6-16-18(14,15)17-11(13)10-9(7-8(2)3)12(10,4)5/h7,9-10H,6H2,1-5H3. The van der Waals surface area contributed by atoms with E-state index in [4.69, 9.17) is 0 Å². The Morgan fingerprint density at radius 2 is 1.89 bits per heavy atom. The molecule has 1 rings (SSSR count). The first-order valence-corrected chi connectivity index (χ1v) is 7.23. The lowest BCUT2D eigenvalue weighted by Crippen LogP contribution is -2.18. The van der Waals surface area contributed by atoms with Gasteiger partial charge in [0.25, 0.3) is 0 Å². The minimum atomic E-state index is -4.21. The van der Waals surface area contributed by atoms with Gasteiger partial charge in [0.15, 0.2) is 0 Å². The van der Waals surface area contributed by atoms with Gasteiger partial charge in [-0.2, -0.15) is 8.42 Å². The van der Waals surface area contributed by atoms with Crippen LogP contribution in [0.3, 0.4) is 0 Å². The van der Waals surface area contributed by atoms with Gasteiger partial charge in [-0.05, 0) is 32.1 Å². The Morgan fingerprint density at radius 3 is 2.33 bits per heavy atom. The highest BCUT2D eigenvalue weighted by Gasteiger charge is 2.62. The second kappa shape index (κ2) is 5.01. The summed E-state index contributed by atoms with van der Waals surface area (Å²) in [5.74, 6) is -1.15. The van der Waals surface area contributed by atoms with Crippen molar-refractivity contribution in [1.82, 2.24) is 0 Å².